The minimum Gasteiger partial charge on any atom is -0.302 e. The van der Waals surface area contributed by atoms with Crippen molar-refractivity contribution in [2.75, 3.05) is 11.6 Å². The van der Waals surface area contributed by atoms with Gasteiger partial charge in [0.2, 0.25) is 5.91 Å². The van der Waals surface area contributed by atoms with Gasteiger partial charge in [-0.2, -0.15) is 0 Å². The monoisotopic (exact) mass is 422 g/mol. The molecule has 1 aromatic heterocycles. The number of fused-ring (bicyclic) bond motifs is 1. The van der Waals surface area contributed by atoms with E-state index in [1.54, 1.807) is 30.3 Å². The van der Waals surface area contributed by atoms with E-state index >= 15 is 0 Å². The SMILES string of the molecule is CS(=O)(=O)c1ccc2nc(NC(=O)CCC(=O)c3ccc(Cl)cc3)sc2c1. The van der Waals surface area contributed by atoms with Crippen molar-refractivity contribution < 1.29 is 18.0 Å². The number of benzene rings is 2. The number of nitrogens with one attached hydrogen (secondary N) is 1. The molecule has 0 bridgehead atoms. The topological polar surface area (TPSA) is 93.2 Å². The molecule has 3 rings (SSSR count). The fourth-order valence-corrected chi connectivity index (χ4v) is 4.15. The molecule has 1 amide bonds. The number of hydrogen-bond donors (Lipinski definition) is 1. The third-order valence-electron chi connectivity index (χ3n) is 3.78. The number of aromatic nitrogens is 1. The number of anilines is 1. The van der Waals surface area contributed by atoms with Gasteiger partial charge in [0.1, 0.15) is 0 Å². The fourth-order valence-electron chi connectivity index (χ4n) is 2.38. The summed E-state index contributed by atoms with van der Waals surface area (Å²) in [6, 6.07) is 11.1. The Morgan fingerprint density at radius 3 is 2.48 bits per heavy atom. The summed E-state index contributed by atoms with van der Waals surface area (Å²) in [5.74, 6) is -0.483. The average Bonchev–Trinajstić information content (AvgIpc) is 3.00. The Morgan fingerprint density at radius 1 is 1.11 bits per heavy atom. The molecule has 3 aromatic rings. The van der Waals surface area contributed by atoms with Crippen LogP contribution >= 0.6 is 22.9 Å². The van der Waals surface area contributed by atoms with Crippen LogP contribution in [0.3, 0.4) is 0 Å². The van der Waals surface area contributed by atoms with Gasteiger partial charge in [-0.25, -0.2) is 13.4 Å². The molecule has 0 aliphatic heterocycles. The Bertz CT molecular complexity index is 1120. The Labute approximate surface area is 165 Å². The summed E-state index contributed by atoms with van der Waals surface area (Å²) in [6.45, 7) is 0. The van der Waals surface area contributed by atoms with E-state index in [4.69, 9.17) is 11.6 Å². The van der Waals surface area contributed by atoms with Crippen molar-refractivity contribution in [3.8, 4) is 0 Å². The first-order chi connectivity index (χ1) is 12.7. The highest BCUT2D eigenvalue weighted by atomic mass is 35.5. The molecule has 0 unspecified atom stereocenters. The first kappa shape index (κ1) is 19.5. The standard InChI is InChI=1S/C18H15ClN2O4S2/c1-27(24,25)13-6-7-14-16(10-13)26-18(20-14)21-17(23)9-8-15(22)11-2-4-12(19)5-3-11/h2-7,10H,8-9H2,1H3,(H,20,21,23). The van der Waals surface area contributed by atoms with Crippen LogP contribution in [0.4, 0.5) is 5.13 Å². The molecule has 0 radical (unpaired) electrons. The molecule has 0 atom stereocenters. The molecule has 27 heavy (non-hydrogen) atoms. The number of thiazole rings is 1. The highest BCUT2D eigenvalue weighted by molar-refractivity contribution is 7.90. The number of amides is 1. The molecule has 0 saturated carbocycles. The third kappa shape index (κ3) is 4.91. The molecule has 0 fully saturated rings. The Kier molecular flexibility index (Phi) is 5.59. The second kappa shape index (κ2) is 7.75. The number of rotatable bonds is 6. The molecular weight excluding hydrogens is 408 g/mol. The van der Waals surface area contributed by atoms with Crippen molar-refractivity contribution in [1.82, 2.24) is 4.98 Å². The Balaban J connectivity index is 1.63. The maximum Gasteiger partial charge on any atom is 0.226 e. The third-order valence-corrected chi connectivity index (χ3v) is 6.08. The lowest BCUT2D eigenvalue weighted by Crippen LogP contribution is -2.13. The van der Waals surface area contributed by atoms with E-state index in [9.17, 15) is 18.0 Å². The van der Waals surface area contributed by atoms with E-state index in [0.717, 1.165) is 6.26 Å². The number of halogens is 1. The van der Waals surface area contributed by atoms with E-state index in [1.165, 1.54) is 23.5 Å². The summed E-state index contributed by atoms with van der Waals surface area (Å²) in [7, 11) is -3.31. The predicted octanol–water partition coefficient (Wildman–Crippen LogP) is 3.95. The molecule has 0 aliphatic carbocycles. The number of sulfone groups is 1. The van der Waals surface area contributed by atoms with Crippen LogP contribution in [0.15, 0.2) is 47.4 Å². The van der Waals surface area contributed by atoms with Gasteiger partial charge in [0.15, 0.2) is 20.8 Å². The molecule has 140 valence electrons. The smallest absolute Gasteiger partial charge is 0.226 e. The maximum absolute atomic E-state index is 12.1. The van der Waals surface area contributed by atoms with Crippen molar-refractivity contribution in [2.45, 2.75) is 17.7 Å². The number of Topliss-reactive ketones (excluding diaryl/α,β-unsaturated/α-hetero) is 1. The largest absolute Gasteiger partial charge is 0.302 e. The van der Waals surface area contributed by atoms with Gasteiger partial charge in [-0.1, -0.05) is 22.9 Å². The van der Waals surface area contributed by atoms with Gasteiger partial charge in [-0.15, -0.1) is 0 Å². The number of nitrogens with zero attached hydrogens (tertiary/aromatic N) is 1. The van der Waals surface area contributed by atoms with Crippen LogP contribution in [0.25, 0.3) is 10.2 Å². The van der Waals surface area contributed by atoms with E-state index in [2.05, 4.69) is 10.3 Å². The van der Waals surface area contributed by atoms with Crippen molar-refractivity contribution in [3.05, 3.63) is 53.1 Å². The molecule has 2 aromatic carbocycles. The summed E-state index contributed by atoms with van der Waals surface area (Å²) in [4.78, 5) is 28.6. The van der Waals surface area contributed by atoms with Crippen LogP contribution in [-0.2, 0) is 14.6 Å². The number of ketones is 1. The van der Waals surface area contributed by atoms with Crippen LogP contribution < -0.4 is 5.32 Å². The van der Waals surface area contributed by atoms with Crippen LogP contribution in [0, 0.1) is 0 Å². The highest BCUT2D eigenvalue weighted by Crippen LogP contribution is 2.28. The van der Waals surface area contributed by atoms with Crippen molar-refractivity contribution in [1.29, 1.82) is 0 Å². The first-order valence-electron chi connectivity index (χ1n) is 7.91. The molecule has 0 saturated heterocycles. The van der Waals surface area contributed by atoms with Gasteiger partial charge in [0, 0.05) is 29.7 Å². The number of carbonyl (C=O) groups excluding carboxylic acids is 2. The second-order valence-electron chi connectivity index (χ2n) is 5.90. The minimum atomic E-state index is -3.31. The number of carbonyl (C=O) groups is 2. The summed E-state index contributed by atoms with van der Waals surface area (Å²) in [5, 5.41) is 3.55. The molecule has 1 heterocycles. The van der Waals surface area contributed by atoms with E-state index < -0.39 is 9.84 Å². The first-order valence-corrected chi connectivity index (χ1v) is 11.0. The zero-order valence-corrected chi connectivity index (χ0v) is 16.6. The molecule has 1 N–H and O–H groups in total. The molecule has 6 nitrogen and oxygen atoms in total. The van der Waals surface area contributed by atoms with Gasteiger partial charge < -0.3 is 5.32 Å². The van der Waals surface area contributed by atoms with Gasteiger partial charge in [0.05, 0.1) is 15.1 Å². The maximum atomic E-state index is 12.1. The Morgan fingerprint density at radius 2 is 1.81 bits per heavy atom. The van der Waals surface area contributed by atoms with Crippen molar-refractivity contribution >= 4 is 59.8 Å². The van der Waals surface area contributed by atoms with Crippen molar-refractivity contribution in [3.63, 3.8) is 0 Å². The predicted molar refractivity (Wildman–Crippen MR) is 106 cm³/mol. The lowest BCUT2D eigenvalue weighted by Gasteiger charge is -2.02. The van der Waals surface area contributed by atoms with E-state index in [-0.39, 0.29) is 29.4 Å². The zero-order chi connectivity index (χ0) is 19.6. The van der Waals surface area contributed by atoms with E-state index in [1.807, 2.05) is 0 Å². The minimum absolute atomic E-state index is 0.0198. The Hall–Kier alpha value is -2.29. The van der Waals surface area contributed by atoms with Crippen LogP contribution in [-0.4, -0.2) is 31.3 Å². The zero-order valence-electron chi connectivity index (χ0n) is 14.2. The van der Waals surface area contributed by atoms with Gasteiger partial charge in [-0.3, -0.25) is 9.59 Å². The van der Waals surface area contributed by atoms with Gasteiger partial charge >= 0.3 is 0 Å². The number of hydrogen-bond acceptors (Lipinski definition) is 6. The molecular formula is C18H15ClN2O4S2. The summed E-state index contributed by atoms with van der Waals surface area (Å²) in [6.07, 6.45) is 1.22. The van der Waals surface area contributed by atoms with Gasteiger partial charge in [0.25, 0.3) is 0 Å². The quantitative estimate of drug-likeness (QED) is 0.607. The summed E-state index contributed by atoms with van der Waals surface area (Å²) >= 11 is 6.97. The normalized spacial score (nSPS) is 11.5. The van der Waals surface area contributed by atoms with Crippen LogP contribution in [0.2, 0.25) is 5.02 Å². The summed E-state index contributed by atoms with van der Waals surface area (Å²) in [5.41, 5.74) is 1.10. The molecule has 9 heteroatoms. The second-order valence-corrected chi connectivity index (χ2v) is 9.38. The van der Waals surface area contributed by atoms with Gasteiger partial charge in [-0.05, 0) is 42.5 Å². The lowest BCUT2D eigenvalue weighted by atomic mass is 10.1. The summed E-state index contributed by atoms with van der Waals surface area (Å²) < 4.78 is 23.9. The molecule has 0 spiro atoms. The molecule has 0 aliphatic rings. The average molecular weight is 423 g/mol. The van der Waals surface area contributed by atoms with Crippen LogP contribution in [0.1, 0.15) is 23.2 Å². The van der Waals surface area contributed by atoms with E-state index in [0.29, 0.717) is 25.9 Å². The van der Waals surface area contributed by atoms with Crippen molar-refractivity contribution in [2.24, 2.45) is 0 Å². The van der Waals surface area contributed by atoms with Crippen LogP contribution in [0.5, 0.6) is 0 Å². The highest BCUT2D eigenvalue weighted by Gasteiger charge is 2.13. The fraction of sp³-hybridized carbons (Fsp3) is 0.167. The lowest BCUT2D eigenvalue weighted by molar-refractivity contribution is -0.116.